The molecule has 3 rings (SSSR count). The number of halogens is 1. The fraction of sp³-hybridized carbons (Fsp3) is 0.385. The Morgan fingerprint density at radius 3 is 3.00 bits per heavy atom. The van der Waals surface area contributed by atoms with E-state index in [1.807, 2.05) is 13.0 Å². The number of para-hydroxylation sites is 1. The first-order valence-corrected chi connectivity index (χ1v) is 5.89. The second kappa shape index (κ2) is 4.04. The largest absolute Gasteiger partial charge is 0.316 e. The minimum absolute atomic E-state index is 0.264. The molecule has 1 fully saturated rings. The van der Waals surface area contributed by atoms with E-state index in [-0.39, 0.29) is 5.82 Å². The summed E-state index contributed by atoms with van der Waals surface area (Å²) in [5, 5.41) is 4.08. The van der Waals surface area contributed by atoms with Gasteiger partial charge >= 0.3 is 0 Å². The van der Waals surface area contributed by atoms with Crippen molar-refractivity contribution in [2.75, 3.05) is 13.1 Å². The van der Waals surface area contributed by atoms with Crippen molar-refractivity contribution in [3.8, 4) is 0 Å². The van der Waals surface area contributed by atoms with E-state index >= 15 is 0 Å². The molecule has 0 radical (unpaired) electrons. The zero-order valence-electron chi connectivity index (χ0n) is 9.70. The number of benzene rings is 1. The predicted molar refractivity (Wildman–Crippen MR) is 64.5 cm³/mol. The first-order valence-electron chi connectivity index (χ1n) is 5.89. The monoisotopic (exact) mass is 231 g/mol. The van der Waals surface area contributed by atoms with E-state index in [1.165, 1.54) is 6.07 Å². The van der Waals surface area contributed by atoms with Crippen LogP contribution in [-0.4, -0.2) is 23.1 Å². The zero-order chi connectivity index (χ0) is 11.8. The van der Waals surface area contributed by atoms with Crippen LogP contribution in [0.4, 0.5) is 4.39 Å². The Morgan fingerprint density at radius 1 is 1.35 bits per heavy atom. The molecule has 0 amide bonds. The van der Waals surface area contributed by atoms with Gasteiger partial charge in [-0.05, 0) is 26.0 Å². The van der Waals surface area contributed by atoms with Crippen LogP contribution in [0.5, 0.6) is 0 Å². The summed E-state index contributed by atoms with van der Waals surface area (Å²) in [6.07, 6.45) is 1.03. The van der Waals surface area contributed by atoms with Gasteiger partial charge in [0.05, 0.1) is 0 Å². The molecule has 4 heteroatoms. The average molecular weight is 231 g/mol. The maximum Gasteiger partial charge on any atom is 0.149 e. The molecule has 2 heterocycles. The number of rotatable bonds is 1. The Balaban J connectivity index is 2.18. The normalized spacial score (nSPS) is 20.0. The summed E-state index contributed by atoms with van der Waals surface area (Å²) in [6, 6.07) is 5.01. The van der Waals surface area contributed by atoms with Gasteiger partial charge in [0.1, 0.15) is 17.2 Å². The fourth-order valence-corrected chi connectivity index (χ4v) is 2.35. The van der Waals surface area contributed by atoms with Gasteiger partial charge in [0.2, 0.25) is 0 Å². The second-order valence-electron chi connectivity index (χ2n) is 4.49. The van der Waals surface area contributed by atoms with E-state index < -0.39 is 0 Å². The quantitative estimate of drug-likeness (QED) is 0.817. The Morgan fingerprint density at radius 2 is 2.24 bits per heavy atom. The number of fused-ring (bicyclic) bond motifs is 1. The number of nitrogens with zero attached hydrogens (tertiary/aromatic N) is 2. The molecule has 1 saturated heterocycles. The zero-order valence-corrected chi connectivity index (χ0v) is 9.70. The van der Waals surface area contributed by atoms with Gasteiger partial charge in [-0.15, -0.1) is 0 Å². The number of aromatic nitrogens is 2. The molecule has 1 N–H and O–H groups in total. The van der Waals surface area contributed by atoms with Crippen molar-refractivity contribution in [2.45, 2.75) is 19.3 Å². The summed E-state index contributed by atoms with van der Waals surface area (Å²) < 4.78 is 13.7. The molecule has 1 atom stereocenters. The highest BCUT2D eigenvalue weighted by Gasteiger charge is 2.20. The third-order valence-electron chi connectivity index (χ3n) is 3.31. The Bertz CT molecular complexity index is 562. The summed E-state index contributed by atoms with van der Waals surface area (Å²) >= 11 is 0. The maximum atomic E-state index is 13.7. The lowest BCUT2D eigenvalue weighted by Gasteiger charge is -2.10. The van der Waals surface area contributed by atoms with Gasteiger partial charge in [0.25, 0.3) is 0 Å². The first-order chi connectivity index (χ1) is 8.25. The van der Waals surface area contributed by atoms with Gasteiger partial charge in [-0.2, -0.15) is 0 Å². The highest BCUT2D eigenvalue weighted by molar-refractivity contribution is 5.81. The molecule has 88 valence electrons. The van der Waals surface area contributed by atoms with E-state index in [2.05, 4.69) is 15.3 Å². The summed E-state index contributed by atoms with van der Waals surface area (Å²) in [5.41, 5.74) is 1.30. The van der Waals surface area contributed by atoms with Crippen LogP contribution in [0.1, 0.15) is 23.9 Å². The predicted octanol–water partition coefficient (Wildman–Crippen LogP) is 2.15. The van der Waals surface area contributed by atoms with Crippen LogP contribution in [0.15, 0.2) is 18.2 Å². The topological polar surface area (TPSA) is 37.8 Å². The van der Waals surface area contributed by atoms with E-state index in [4.69, 9.17) is 0 Å². The molecule has 1 aliphatic heterocycles. The summed E-state index contributed by atoms with van der Waals surface area (Å²) in [4.78, 5) is 8.90. The second-order valence-corrected chi connectivity index (χ2v) is 4.49. The first kappa shape index (κ1) is 10.6. The lowest BCUT2D eigenvalue weighted by molar-refractivity contribution is 0.632. The van der Waals surface area contributed by atoms with Crippen LogP contribution in [-0.2, 0) is 0 Å². The summed E-state index contributed by atoms with van der Waals surface area (Å²) in [5.74, 6) is 0.822. The van der Waals surface area contributed by atoms with Gasteiger partial charge in [-0.25, -0.2) is 14.4 Å². The van der Waals surface area contributed by atoms with Gasteiger partial charge in [-0.1, -0.05) is 12.1 Å². The smallest absolute Gasteiger partial charge is 0.149 e. The highest BCUT2D eigenvalue weighted by Crippen LogP contribution is 2.24. The molecule has 0 bridgehead atoms. The van der Waals surface area contributed by atoms with Gasteiger partial charge in [0.15, 0.2) is 0 Å². The molecule has 0 aliphatic carbocycles. The van der Waals surface area contributed by atoms with E-state index in [0.717, 1.165) is 36.4 Å². The molecular weight excluding hydrogens is 217 g/mol. The van der Waals surface area contributed by atoms with Crippen LogP contribution >= 0.6 is 0 Å². The molecule has 3 nitrogen and oxygen atoms in total. The van der Waals surface area contributed by atoms with Crippen LogP contribution in [0, 0.1) is 12.7 Å². The lowest BCUT2D eigenvalue weighted by Crippen LogP contribution is -2.11. The van der Waals surface area contributed by atoms with E-state index in [9.17, 15) is 4.39 Å². The fourth-order valence-electron chi connectivity index (χ4n) is 2.35. The van der Waals surface area contributed by atoms with Crippen molar-refractivity contribution < 1.29 is 4.39 Å². The highest BCUT2D eigenvalue weighted by atomic mass is 19.1. The van der Waals surface area contributed by atoms with Crippen molar-refractivity contribution in [2.24, 2.45) is 0 Å². The van der Waals surface area contributed by atoms with Crippen LogP contribution in [0.25, 0.3) is 10.9 Å². The van der Waals surface area contributed by atoms with E-state index in [0.29, 0.717) is 11.4 Å². The minimum Gasteiger partial charge on any atom is -0.316 e. The minimum atomic E-state index is -0.264. The third-order valence-corrected chi connectivity index (χ3v) is 3.31. The number of aryl methyl sites for hydroxylation is 1. The van der Waals surface area contributed by atoms with Gasteiger partial charge < -0.3 is 5.32 Å². The molecular formula is C13H14FN3. The number of hydrogen-bond acceptors (Lipinski definition) is 3. The van der Waals surface area contributed by atoms with Crippen molar-refractivity contribution in [1.82, 2.24) is 15.3 Å². The van der Waals surface area contributed by atoms with Crippen LogP contribution < -0.4 is 5.32 Å². The molecule has 1 unspecified atom stereocenters. The number of nitrogens with one attached hydrogen (secondary N) is 1. The number of hydrogen-bond donors (Lipinski definition) is 1. The molecule has 2 aromatic rings. The Hall–Kier alpha value is -1.55. The molecule has 0 saturated carbocycles. The van der Waals surface area contributed by atoms with Crippen molar-refractivity contribution in [3.63, 3.8) is 0 Å². The van der Waals surface area contributed by atoms with Crippen LogP contribution in [0.2, 0.25) is 0 Å². The molecule has 0 spiro atoms. The van der Waals surface area contributed by atoms with Crippen molar-refractivity contribution in [1.29, 1.82) is 0 Å². The molecule has 1 aromatic heterocycles. The Kier molecular flexibility index (Phi) is 2.52. The third kappa shape index (κ3) is 1.78. The lowest BCUT2D eigenvalue weighted by atomic mass is 10.1. The molecule has 1 aliphatic rings. The Labute approximate surface area is 99.1 Å². The molecule has 1 aromatic carbocycles. The summed E-state index contributed by atoms with van der Waals surface area (Å²) in [7, 11) is 0. The maximum absolute atomic E-state index is 13.7. The average Bonchev–Trinajstić information content (AvgIpc) is 2.84. The van der Waals surface area contributed by atoms with Gasteiger partial charge in [0, 0.05) is 23.5 Å². The summed E-state index contributed by atoms with van der Waals surface area (Å²) in [6.45, 7) is 3.79. The van der Waals surface area contributed by atoms with Crippen LogP contribution in [0.3, 0.4) is 0 Å². The van der Waals surface area contributed by atoms with Crippen molar-refractivity contribution >= 4 is 10.9 Å². The SMILES string of the molecule is Cc1nc(C2CCNC2)nc2c(F)cccc12. The van der Waals surface area contributed by atoms with Gasteiger partial charge in [-0.3, -0.25) is 0 Å². The van der Waals surface area contributed by atoms with Crippen molar-refractivity contribution in [3.05, 3.63) is 35.5 Å². The molecule has 17 heavy (non-hydrogen) atoms. The standard InChI is InChI=1S/C13H14FN3/c1-8-10-3-2-4-11(14)12(10)17-13(16-8)9-5-6-15-7-9/h2-4,9,15H,5-7H2,1H3. The van der Waals surface area contributed by atoms with E-state index in [1.54, 1.807) is 6.07 Å².